The second-order valence-corrected chi connectivity index (χ2v) is 15.2. The lowest BCUT2D eigenvalue weighted by atomic mass is 9.74. The number of ether oxygens (including phenoxy) is 5. The highest BCUT2D eigenvalue weighted by molar-refractivity contribution is 6.04. The zero-order valence-corrected chi connectivity index (χ0v) is 32.1. The fourth-order valence-electron chi connectivity index (χ4n) is 9.64. The molecule has 6 atom stereocenters. The Labute approximate surface area is 325 Å². The molecule has 6 heterocycles. The molecule has 0 radical (unpaired) electrons. The highest BCUT2D eigenvalue weighted by atomic mass is 19.1. The van der Waals surface area contributed by atoms with Crippen LogP contribution in [0.1, 0.15) is 64.4 Å². The van der Waals surface area contributed by atoms with Crippen LogP contribution < -0.4 is 14.4 Å². The van der Waals surface area contributed by atoms with Crippen LogP contribution in [0.3, 0.4) is 0 Å². The van der Waals surface area contributed by atoms with E-state index in [4.69, 9.17) is 35.1 Å². The number of phenolic OH excluding ortho intramolecular Hbond substituents is 1. The minimum atomic E-state index is -0.863. The maximum absolute atomic E-state index is 17.3. The van der Waals surface area contributed by atoms with Gasteiger partial charge in [-0.15, -0.1) is 6.42 Å². The fraction of sp³-hybridized carbons (Fsp3) is 0.548. The number of pyridine rings is 1. The smallest absolute Gasteiger partial charge is 0.319 e. The molecule has 2 aromatic heterocycles. The van der Waals surface area contributed by atoms with Gasteiger partial charge in [0.25, 0.3) is 0 Å². The van der Waals surface area contributed by atoms with E-state index in [1.165, 1.54) is 31.4 Å². The van der Waals surface area contributed by atoms with Crippen molar-refractivity contribution in [1.29, 1.82) is 0 Å². The van der Waals surface area contributed by atoms with Gasteiger partial charge in [0.1, 0.15) is 34.0 Å². The Morgan fingerprint density at radius 2 is 1.88 bits per heavy atom. The summed E-state index contributed by atoms with van der Waals surface area (Å²) in [6, 6.07) is 5.80. The number of phenols is 1. The zero-order chi connectivity index (χ0) is 39.1. The number of hydrogen-bond acceptors (Lipinski definition) is 12. The first kappa shape index (κ1) is 38.5. The first-order valence-corrected chi connectivity index (χ1v) is 19.8. The lowest BCUT2D eigenvalue weighted by molar-refractivity contribution is -0.157. The van der Waals surface area contributed by atoms with E-state index in [0.29, 0.717) is 31.8 Å². The number of piperidine rings is 1. The van der Waals surface area contributed by atoms with Gasteiger partial charge in [0.2, 0.25) is 5.88 Å². The maximum Gasteiger partial charge on any atom is 0.319 e. The van der Waals surface area contributed by atoms with Crippen molar-refractivity contribution in [3.05, 3.63) is 41.5 Å². The Hall–Kier alpha value is -4.39. The third-order valence-corrected chi connectivity index (χ3v) is 12.0. The molecule has 2 bridgehead atoms. The van der Waals surface area contributed by atoms with Crippen LogP contribution in [0.4, 0.5) is 14.6 Å². The van der Waals surface area contributed by atoms with Gasteiger partial charge in [-0.25, -0.2) is 13.8 Å². The summed E-state index contributed by atoms with van der Waals surface area (Å²) in [6.45, 7) is 6.86. The number of terminal acetylenes is 1. The minimum Gasteiger partial charge on any atom is -0.508 e. The second kappa shape index (κ2) is 15.9. The highest BCUT2D eigenvalue weighted by Gasteiger charge is 2.53. The third-order valence-electron chi connectivity index (χ3n) is 12.0. The molecule has 0 spiro atoms. The second-order valence-electron chi connectivity index (χ2n) is 15.2. The molecule has 1 saturated carbocycles. The monoisotopic (exact) mass is 773 g/mol. The molecular formula is C42H49F2N5O7. The van der Waals surface area contributed by atoms with E-state index in [1.54, 1.807) is 4.90 Å². The van der Waals surface area contributed by atoms with E-state index < -0.39 is 17.7 Å². The van der Waals surface area contributed by atoms with Gasteiger partial charge in [-0.3, -0.25) is 4.90 Å². The number of fused-ring (bicyclic) bond motifs is 5. The molecule has 9 rings (SSSR count). The van der Waals surface area contributed by atoms with Crippen molar-refractivity contribution >= 4 is 27.5 Å². The average molecular weight is 774 g/mol. The summed E-state index contributed by atoms with van der Waals surface area (Å²) in [5, 5.41) is 22.2. The van der Waals surface area contributed by atoms with Gasteiger partial charge in [-0.1, -0.05) is 32.3 Å². The Bertz CT molecular complexity index is 2150. The first-order chi connectivity index (χ1) is 27.3. The molecule has 298 valence electrons. The summed E-state index contributed by atoms with van der Waals surface area (Å²) >= 11 is 0. The number of rotatable bonds is 7. The number of aromatic hydroxyl groups is 1. The van der Waals surface area contributed by atoms with E-state index in [2.05, 4.69) is 20.8 Å². The summed E-state index contributed by atoms with van der Waals surface area (Å²) in [7, 11) is 1.40. The number of aliphatic hydroxyl groups is 1. The number of aromatic nitrogens is 3. The fourth-order valence-corrected chi connectivity index (χ4v) is 9.64. The molecule has 1 aliphatic carbocycles. The van der Waals surface area contributed by atoms with Gasteiger partial charge in [0.15, 0.2) is 12.1 Å². The largest absolute Gasteiger partial charge is 0.508 e. The van der Waals surface area contributed by atoms with Gasteiger partial charge in [-0.2, -0.15) is 9.97 Å². The van der Waals surface area contributed by atoms with E-state index in [1.807, 2.05) is 13.8 Å². The molecule has 4 aliphatic heterocycles. The molecule has 56 heavy (non-hydrogen) atoms. The first-order valence-electron chi connectivity index (χ1n) is 19.8. The molecule has 12 nitrogen and oxygen atoms in total. The van der Waals surface area contributed by atoms with Crippen LogP contribution in [-0.4, -0.2) is 114 Å². The van der Waals surface area contributed by atoms with Crippen molar-refractivity contribution < 1.29 is 42.7 Å². The van der Waals surface area contributed by atoms with Crippen LogP contribution in [0.5, 0.6) is 17.6 Å². The van der Waals surface area contributed by atoms with Gasteiger partial charge in [0, 0.05) is 35.5 Å². The molecule has 6 unspecified atom stereocenters. The number of halogens is 2. The number of aliphatic hydroxyl groups excluding tert-OH is 1. The predicted molar refractivity (Wildman–Crippen MR) is 206 cm³/mol. The summed E-state index contributed by atoms with van der Waals surface area (Å²) in [5.41, 5.74) is -0.602. The number of β-amino-alcohol motifs (C(OH)–C–C–N with tert-alkyl or cyclic N) is 1. The minimum absolute atomic E-state index is 0.0128. The van der Waals surface area contributed by atoms with Crippen LogP contribution in [0, 0.1) is 29.4 Å². The van der Waals surface area contributed by atoms with Crippen molar-refractivity contribution in [1.82, 2.24) is 19.9 Å². The van der Waals surface area contributed by atoms with E-state index in [9.17, 15) is 10.2 Å². The lowest BCUT2D eigenvalue weighted by Gasteiger charge is -2.50. The highest BCUT2D eigenvalue weighted by Crippen LogP contribution is 2.50. The standard InChI is InChI=1S/C40H43F2N5O7.C2H6/c1-3-26-28(41)9-7-22-16-23(48)17-27(31(22)26)34-33(42)35-32(37(43-34)50-2)36(46-14-15-51-19-24(49)18-46)45-39(44-35)53-21-40-11-4-6-30(40)47(13-5-12-40)29-10-8-25-20-52-38(29)54-25;1-2/h1,7,9,16-17,24-25,29-30,38,48-49H,4-6,8,10-15,18-21H2,2H3;1-2H3. The molecule has 14 heteroatoms. The average Bonchev–Trinajstić information content (AvgIpc) is 3.75. The van der Waals surface area contributed by atoms with Gasteiger partial charge < -0.3 is 38.8 Å². The van der Waals surface area contributed by atoms with Crippen LogP contribution in [-0.2, 0) is 14.2 Å². The quantitative estimate of drug-likeness (QED) is 0.215. The summed E-state index contributed by atoms with van der Waals surface area (Å²) < 4.78 is 62.6. The maximum atomic E-state index is 17.3. The van der Waals surface area contributed by atoms with Crippen LogP contribution in [0.2, 0.25) is 0 Å². The SMILES string of the molecule is C#Cc1c(F)ccc2cc(O)cc(-c3nc(OC)c4c(N5CCOCC(O)C5)nc(OCC56CCCC5N(C5CCC7COC5O7)CCC6)nc4c3F)c12.CC. The predicted octanol–water partition coefficient (Wildman–Crippen LogP) is 5.96. The third kappa shape index (κ3) is 6.77. The molecular weight excluding hydrogens is 724 g/mol. The normalized spacial score (nSPS) is 27.7. The number of hydrogen-bond donors (Lipinski definition) is 2. The van der Waals surface area contributed by atoms with Crippen LogP contribution in [0.15, 0.2) is 24.3 Å². The van der Waals surface area contributed by atoms with Crippen LogP contribution in [0.25, 0.3) is 32.9 Å². The van der Waals surface area contributed by atoms with Crippen molar-refractivity contribution in [2.24, 2.45) is 5.41 Å². The van der Waals surface area contributed by atoms with Crippen LogP contribution >= 0.6 is 0 Å². The summed E-state index contributed by atoms with van der Waals surface area (Å²) in [6.07, 6.45) is 11.9. The van der Waals surface area contributed by atoms with Crippen molar-refractivity contribution in [2.45, 2.75) is 89.4 Å². The Balaban J connectivity index is 0.00000217. The van der Waals surface area contributed by atoms with E-state index in [-0.39, 0.29) is 99.6 Å². The van der Waals surface area contributed by atoms with Gasteiger partial charge in [0.05, 0.1) is 57.4 Å². The molecule has 0 amide bonds. The Kier molecular flexibility index (Phi) is 10.9. The number of anilines is 1. The molecule has 2 aromatic carbocycles. The number of nitrogens with zero attached hydrogens (tertiary/aromatic N) is 5. The van der Waals surface area contributed by atoms with E-state index >= 15 is 8.78 Å². The summed E-state index contributed by atoms with van der Waals surface area (Å²) in [5.74, 6) is 0.907. The Morgan fingerprint density at radius 1 is 1.04 bits per heavy atom. The molecule has 4 saturated heterocycles. The van der Waals surface area contributed by atoms with E-state index in [0.717, 1.165) is 51.5 Å². The number of likely N-dealkylation sites (tertiary alicyclic amines) is 1. The number of benzene rings is 2. The van der Waals surface area contributed by atoms with Gasteiger partial charge >= 0.3 is 6.01 Å². The van der Waals surface area contributed by atoms with Gasteiger partial charge in [-0.05, 0) is 68.7 Å². The Morgan fingerprint density at radius 3 is 2.70 bits per heavy atom. The zero-order valence-electron chi connectivity index (χ0n) is 32.1. The molecule has 4 aromatic rings. The lowest BCUT2D eigenvalue weighted by Crippen LogP contribution is -2.59. The molecule has 5 aliphatic rings. The van der Waals surface area contributed by atoms with Crippen molar-refractivity contribution in [2.75, 3.05) is 58.1 Å². The van der Waals surface area contributed by atoms with Crippen molar-refractivity contribution in [3.8, 4) is 41.2 Å². The summed E-state index contributed by atoms with van der Waals surface area (Å²) in [4.78, 5) is 18.5. The topological polar surface area (TPSA) is 132 Å². The molecule has 2 N–H and O–H groups in total. The number of methoxy groups -OCH3 is 1. The molecule has 5 fully saturated rings. The van der Waals surface area contributed by atoms with Crippen molar-refractivity contribution in [3.63, 3.8) is 0 Å².